The summed E-state index contributed by atoms with van der Waals surface area (Å²) in [7, 11) is 0. The van der Waals surface area contributed by atoms with E-state index in [1.165, 1.54) is 32.9 Å². The zero-order valence-corrected chi connectivity index (χ0v) is 24.5. The van der Waals surface area contributed by atoms with Crippen LogP contribution in [0.3, 0.4) is 0 Å². The summed E-state index contributed by atoms with van der Waals surface area (Å²) in [5, 5.41) is 3.78. The van der Waals surface area contributed by atoms with Gasteiger partial charge in [0.05, 0.1) is 28.1 Å². The largest absolute Gasteiger partial charge is 0.378 e. The molecule has 5 heteroatoms. The number of nitrogens with zero attached hydrogens (tertiary/aromatic N) is 3. The molecule has 4 aromatic rings. The van der Waals surface area contributed by atoms with Crippen molar-refractivity contribution in [3.8, 4) is 11.3 Å². The molecule has 0 aliphatic heterocycles. The topological polar surface area (TPSA) is 42.7 Å². The van der Waals surface area contributed by atoms with Crippen LogP contribution in [-0.4, -0.2) is 14.5 Å². The molecule has 0 saturated heterocycles. The molecule has 0 fully saturated rings. The van der Waals surface area contributed by atoms with Crippen molar-refractivity contribution in [2.75, 3.05) is 5.32 Å². The summed E-state index contributed by atoms with van der Waals surface area (Å²) in [6.45, 7) is 20.7. The summed E-state index contributed by atoms with van der Waals surface area (Å²) in [5.41, 5.74) is 9.38. The average molecular weight is 505 g/mol. The van der Waals surface area contributed by atoms with Gasteiger partial charge in [-0.1, -0.05) is 41.0 Å². The molecule has 0 bridgehead atoms. The van der Waals surface area contributed by atoms with E-state index in [-0.39, 0.29) is 0 Å². The fraction of sp³-hybridized carbons (Fsp3) is 0.484. The molecule has 36 heavy (non-hydrogen) atoms. The van der Waals surface area contributed by atoms with E-state index in [0.29, 0.717) is 12.0 Å². The van der Waals surface area contributed by atoms with Crippen molar-refractivity contribution in [3.63, 3.8) is 0 Å². The lowest BCUT2D eigenvalue weighted by atomic mass is 9.97. The van der Waals surface area contributed by atoms with E-state index in [4.69, 9.17) is 9.97 Å². The zero-order valence-electron chi connectivity index (χ0n) is 23.7. The van der Waals surface area contributed by atoms with Crippen molar-refractivity contribution in [3.05, 3.63) is 63.2 Å². The summed E-state index contributed by atoms with van der Waals surface area (Å²) in [4.78, 5) is 12.7. The summed E-state index contributed by atoms with van der Waals surface area (Å²) < 4.78 is 2.47. The van der Waals surface area contributed by atoms with E-state index in [1.54, 1.807) is 0 Å². The molecule has 1 atom stereocenters. The molecule has 0 aliphatic carbocycles. The quantitative estimate of drug-likeness (QED) is 0.260. The van der Waals surface area contributed by atoms with Crippen molar-refractivity contribution in [1.29, 1.82) is 0 Å². The van der Waals surface area contributed by atoms with E-state index in [1.807, 2.05) is 23.6 Å². The second kappa shape index (κ2) is 12.5. The minimum atomic E-state index is 0.363. The molecule has 0 aromatic carbocycles. The lowest BCUT2D eigenvalue weighted by molar-refractivity contribution is 0.596. The monoisotopic (exact) mass is 504 g/mol. The Morgan fingerprint density at radius 3 is 2.33 bits per heavy atom. The first-order valence-electron chi connectivity index (χ1n) is 13.6. The third kappa shape index (κ3) is 5.83. The molecule has 0 amide bonds. The molecule has 0 spiro atoms. The van der Waals surface area contributed by atoms with E-state index < -0.39 is 0 Å². The second-order valence-electron chi connectivity index (χ2n) is 9.96. The van der Waals surface area contributed by atoms with Crippen LogP contribution in [0.25, 0.3) is 22.3 Å². The third-order valence-corrected chi connectivity index (χ3v) is 7.61. The van der Waals surface area contributed by atoms with Crippen molar-refractivity contribution in [1.82, 2.24) is 14.5 Å². The Bertz CT molecular complexity index is 1280. The highest BCUT2D eigenvalue weighted by molar-refractivity contribution is 7.11. The SMILES string of the molecule is CCC.CCc1c(C)c2nc(-c3cccnc3C(C)CC)cc(NCc3ccc(C)s3)c2n1C(C)C. The Morgan fingerprint density at radius 2 is 1.75 bits per heavy atom. The Balaban J connectivity index is 0.00000115. The molecular weight excluding hydrogens is 460 g/mol. The number of anilines is 1. The number of pyridine rings is 2. The first-order valence-corrected chi connectivity index (χ1v) is 14.4. The molecule has 194 valence electrons. The predicted molar refractivity (Wildman–Crippen MR) is 159 cm³/mol. The molecule has 0 radical (unpaired) electrons. The van der Waals surface area contributed by atoms with Crippen LogP contribution < -0.4 is 5.32 Å². The molecule has 1 unspecified atom stereocenters. The van der Waals surface area contributed by atoms with Gasteiger partial charge in [0, 0.05) is 39.8 Å². The van der Waals surface area contributed by atoms with Crippen LogP contribution in [0.4, 0.5) is 5.69 Å². The average Bonchev–Trinajstić information content (AvgIpc) is 3.42. The Kier molecular flexibility index (Phi) is 9.72. The smallest absolute Gasteiger partial charge is 0.0942 e. The van der Waals surface area contributed by atoms with Gasteiger partial charge in [-0.25, -0.2) is 4.98 Å². The third-order valence-electron chi connectivity index (χ3n) is 6.61. The highest BCUT2D eigenvalue weighted by Crippen LogP contribution is 2.38. The number of aromatic nitrogens is 3. The van der Waals surface area contributed by atoms with Crippen LogP contribution in [0.1, 0.15) is 100.0 Å². The Hall–Kier alpha value is -2.66. The summed E-state index contributed by atoms with van der Waals surface area (Å²) in [6, 6.07) is 11.2. The number of thiophene rings is 1. The van der Waals surface area contributed by atoms with E-state index in [0.717, 1.165) is 47.5 Å². The molecule has 0 aliphatic rings. The number of nitrogens with one attached hydrogen (secondary N) is 1. The number of hydrogen-bond donors (Lipinski definition) is 1. The maximum atomic E-state index is 5.26. The maximum Gasteiger partial charge on any atom is 0.0942 e. The fourth-order valence-corrected chi connectivity index (χ4v) is 5.59. The number of fused-ring (bicyclic) bond motifs is 1. The van der Waals surface area contributed by atoms with Crippen LogP contribution in [0.15, 0.2) is 36.5 Å². The molecule has 0 saturated carbocycles. The summed E-state index contributed by atoms with van der Waals surface area (Å²) >= 11 is 1.85. The van der Waals surface area contributed by atoms with Gasteiger partial charge in [-0.15, -0.1) is 11.3 Å². The van der Waals surface area contributed by atoms with Gasteiger partial charge in [-0.3, -0.25) is 4.98 Å². The molecular formula is C31H44N4S. The van der Waals surface area contributed by atoms with Crippen molar-refractivity contribution < 1.29 is 0 Å². The molecule has 4 heterocycles. The van der Waals surface area contributed by atoms with Gasteiger partial charge < -0.3 is 9.88 Å². The van der Waals surface area contributed by atoms with Gasteiger partial charge in [0.15, 0.2) is 0 Å². The van der Waals surface area contributed by atoms with Crippen molar-refractivity contribution >= 4 is 28.1 Å². The van der Waals surface area contributed by atoms with Crippen molar-refractivity contribution in [2.24, 2.45) is 0 Å². The van der Waals surface area contributed by atoms with E-state index >= 15 is 0 Å². The van der Waals surface area contributed by atoms with Crippen LogP contribution in [-0.2, 0) is 13.0 Å². The van der Waals surface area contributed by atoms with Gasteiger partial charge in [-0.05, 0) is 82.3 Å². The normalized spacial score (nSPS) is 12.1. The van der Waals surface area contributed by atoms with Crippen LogP contribution >= 0.6 is 11.3 Å². The molecule has 4 rings (SSSR count). The maximum absolute atomic E-state index is 5.26. The van der Waals surface area contributed by atoms with Gasteiger partial charge in [0.25, 0.3) is 0 Å². The molecule has 4 nitrogen and oxygen atoms in total. The van der Waals surface area contributed by atoms with Crippen molar-refractivity contribution in [2.45, 2.75) is 100 Å². The van der Waals surface area contributed by atoms with Gasteiger partial charge >= 0.3 is 0 Å². The number of aryl methyl sites for hydroxylation is 2. The summed E-state index contributed by atoms with van der Waals surface area (Å²) in [5.74, 6) is 0.386. The van der Waals surface area contributed by atoms with E-state index in [9.17, 15) is 0 Å². The van der Waals surface area contributed by atoms with E-state index in [2.05, 4.69) is 96.5 Å². The van der Waals surface area contributed by atoms with Gasteiger partial charge in [-0.2, -0.15) is 0 Å². The summed E-state index contributed by atoms with van der Waals surface area (Å²) in [6.07, 6.45) is 5.19. The van der Waals surface area contributed by atoms with Gasteiger partial charge in [0.1, 0.15) is 0 Å². The number of rotatable bonds is 8. The van der Waals surface area contributed by atoms with Gasteiger partial charge in [0.2, 0.25) is 0 Å². The highest BCUT2D eigenvalue weighted by Gasteiger charge is 2.22. The molecule has 1 N–H and O–H groups in total. The standard InChI is InChI=1S/C28H36N4S.C3H8/c1-8-18(5)26-22(11-10-14-29-26)23-15-24(30-16-21-13-12-19(6)33-21)28-27(31-23)20(7)25(9-2)32(28)17(3)4;1-3-2/h10-15,17-18H,8-9,16H2,1-7H3,(H,30,31);3H2,1-2H3. The zero-order chi connectivity index (χ0) is 26.4. The van der Waals surface area contributed by atoms with Crippen LogP contribution in [0.5, 0.6) is 0 Å². The first-order chi connectivity index (χ1) is 17.3. The van der Waals surface area contributed by atoms with Crippen LogP contribution in [0.2, 0.25) is 0 Å². The predicted octanol–water partition coefficient (Wildman–Crippen LogP) is 9.46. The minimum absolute atomic E-state index is 0.363. The minimum Gasteiger partial charge on any atom is -0.378 e. The fourth-order valence-electron chi connectivity index (χ4n) is 4.76. The number of hydrogen-bond acceptors (Lipinski definition) is 4. The second-order valence-corrected chi connectivity index (χ2v) is 11.3. The van der Waals surface area contributed by atoms with Crippen LogP contribution in [0, 0.1) is 13.8 Å². The highest BCUT2D eigenvalue weighted by atomic mass is 32.1. The Labute approximate surface area is 222 Å². The Morgan fingerprint density at radius 1 is 1.03 bits per heavy atom. The lowest BCUT2D eigenvalue weighted by Gasteiger charge is -2.18. The lowest BCUT2D eigenvalue weighted by Crippen LogP contribution is -2.08. The molecule has 4 aromatic heterocycles. The first kappa shape index (κ1) is 27.9.